The molecule has 0 bridgehead atoms. The van der Waals surface area contributed by atoms with E-state index in [-0.39, 0.29) is 6.04 Å². The Balaban J connectivity index is 3.31. The summed E-state index contributed by atoms with van der Waals surface area (Å²) in [5.74, 6) is 0. The average molecular weight is 113 g/mol. The van der Waals surface area contributed by atoms with Crippen LogP contribution < -0.4 is 0 Å². The second kappa shape index (κ2) is 4.54. The third kappa shape index (κ3) is 3.57. The van der Waals surface area contributed by atoms with Gasteiger partial charge in [-0.15, -0.1) is 0 Å². The highest BCUT2D eigenvalue weighted by atomic mass is 16.1. The summed E-state index contributed by atoms with van der Waals surface area (Å²) in [5.41, 5.74) is 0. The number of nitrogens with zero attached hydrogens (tertiary/aromatic N) is 1. The van der Waals surface area contributed by atoms with Gasteiger partial charge < -0.3 is 0 Å². The van der Waals surface area contributed by atoms with E-state index in [9.17, 15) is 4.79 Å². The normalized spacial score (nSPS) is 12.2. The molecule has 46 valence electrons. The Bertz CT molecular complexity index is 94.7. The van der Waals surface area contributed by atoms with Crippen LogP contribution in [0.3, 0.4) is 0 Å². The van der Waals surface area contributed by atoms with E-state index in [4.69, 9.17) is 0 Å². The second-order valence-corrected chi connectivity index (χ2v) is 1.86. The van der Waals surface area contributed by atoms with Gasteiger partial charge in [-0.05, 0) is 13.3 Å². The molecule has 0 rings (SSSR count). The fraction of sp³-hybridized carbons (Fsp3) is 0.833. The first-order chi connectivity index (χ1) is 3.81. The molecule has 0 fully saturated rings. The van der Waals surface area contributed by atoms with E-state index >= 15 is 0 Å². The van der Waals surface area contributed by atoms with Crippen LogP contribution in [0, 0.1) is 0 Å². The molecule has 2 nitrogen and oxygen atoms in total. The van der Waals surface area contributed by atoms with Gasteiger partial charge in [0.2, 0.25) is 6.08 Å². The van der Waals surface area contributed by atoms with Gasteiger partial charge in [0.1, 0.15) is 0 Å². The van der Waals surface area contributed by atoms with Crippen molar-refractivity contribution in [3.05, 3.63) is 0 Å². The summed E-state index contributed by atoms with van der Waals surface area (Å²) in [6, 6.07) is 0.164. The minimum absolute atomic E-state index is 0.164. The van der Waals surface area contributed by atoms with Crippen LogP contribution in [0.5, 0.6) is 0 Å². The third-order valence-electron chi connectivity index (χ3n) is 0.980. The number of isocyanates is 1. The maximum absolute atomic E-state index is 9.60. The first-order valence-electron chi connectivity index (χ1n) is 2.88. The highest BCUT2D eigenvalue weighted by molar-refractivity contribution is 5.33. The highest BCUT2D eigenvalue weighted by Gasteiger charge is 1.92. The van der Waals surface area contributed by atoms with E-state index in [0.29, 0.717) is 0 Å². The summed E-state index contributed by atoms with van der Waals surface area (Å²) in [6.45, 7) is 3.98. The zero-order chi connectivity index (χ0) is 6.41. The fourth-order valence-electron chi connectivity index (χ4n) is 0.572. The van der Waals surface area contributed by atoms with Crippen LogP contribution in [0.4, 0.5) is 0 Å². The minimum Gasteiger partial charge on any atom is -0.211 e. The molecule has 0 saturated heterocycles. The Hall–Kier alpha value is -0.620. The molecule has 0 saturated carbocycles. The first kappa shape index (κ1) is 7.38. The van der Waals surface area contributed by atoms with E-state index in [1.165, 1.54) is 6.08 Å². The molecule has 8 heavy (non-hydrogen) atoms. The third-order valence-corrected chi connectivity index (χ3v) is 0.980. The van der Waals surface area contributed by atoms with Gasteiger partial charge in [0.25, 0.3) is 0 Å². The van der Waals surface area contributed by atoms with Crippen LogP contribution in [0.1, 0.15) is 26.7 Å². The molecule has 0 heterocycles. The standard InChI is InChI=1S/C6H11NO/c1-3-4-6(2)7-5-8/h6H,3-4H2,1-2H3. The molecule has 0 N–H and O–H groups in total. The van der Waals surface area contributed by atoms with Crippen molar-refractivity contribution in [2.24, 2.45) is 4.99 Å². The number of rotatable bonds is 3. The van der Waals surface area contributed by atoms with E-state index in [1.54, 1.807) is 0 Å². The summed E-state index contributed by atoms with van der Waals surface area (Å²) < 4.78 is 0. The predicted octanol–water partition coefficient (Wildman–Crippen LogP) is 1.51. The highest BCUT2D eigenvalue weighted by Crippen LogP contribution is 1.97. The quantitative estimate of drug-likeness (QED) is 0.403. The van der Waals surface area contributed by atoms with Crippen molar-refractivity contribution in [2.75, 3.05) is 0 Å². The van der Waals surface area contributed by atoms with Crippen molar-refractivity contribution in [1.29, 1.82) is 0 Å². The molecular weight excluding hydrogens is 102 g/mol. The van der Waals surface area contributed by atoms with Crippen LogP contribution in [-0.2, 0) is 4.79 Å². The van der Waals surface area contributed by atoms with Crippen molar-refractivity contribution in [2.45, 2.75) is 32.7 Å². The Labute approximate surface area is 49.6 Å². The van der Waals surface area contributed by atoms with Crippen LogP contribution >= 0.6 is 0 Å². The van der Waals surface area contributed by atoms with E-state index in [0.717, 1.165) is 12.8 Å². The second-order valence-electron chi connectivity index (χ2n) is 1.86. The van der Waals surface area contributed by atoms with Gasteiger partial charge in [-0.25, -0.2) is 9.79 Å². The number of carbonyl (C=O) groups excluding carboxylic acids is 1. The molecule has 0 aromatic rings. The molecule has 0 aliphatic rings. The largest absolute Gasteiger partial charge is 0.235 e. The maximum Gasteiger partial charge on any atom is 0.235 e. The van der Waals surface area contributed by atoms with Crippen molar-refractivity contribution in [3.63, 3.8) is 0 Å². The molecule has 0 amide bonds. The Morgan fingerprint density at radius 2 is 2.38 bits per heavy atom. The van der Waals surface area contributed by atoms with Gasteiger partial charge >= 0.3 is 0 Å². The summed E-state index contributed by atoms with van der Waals surface area (Å²) in [7, 11) is 0. The lowest BCUT2D eigenvalue weighted by molar-refractivity contribution is 0.554. The van der Waals surface area contributed by atoms with E-state index < -0.39 is 0 Å². The molecule has 1 atom stereocenters. The fourth-order valence-corrected chi connectivity index (χ4v) is 0.572. The van der Waals surface area contributed by atoms with E-state index in [1.807, 2.05) is 6.92 Å². The van der Waals surface area contributed by atoms with Crippen LogP contribution in [0.25, 0.3) is 0 Å². The van der Waals surface area contributed by atoms with E-state index in [2.05, 4.69) is 11.9 Å². The Morgan fingerprint density at radius 1 is 1.75 bits per heavy atom. The molecule has 0 spiro atoms. The van der Waals surface area contributed by atoms with Gasteiger partial charge in [-0.2, -0.15) is 0 Å². The Kier molecular flexibility index (Phi) is 4.19. The van der Waals surface area contributed by atoms with Gasteiger partial charge in [0.05, 0.1) is 6.04 Å². The molecule has 0 radical (unpaired) electrons. The van der Waals surface area contributed by atoms with Gasteiger partial charge in [-0.1, -0.05) is 13.3 Å². The molecule has 1 unspecified atom stereocenters. The van der Waals surface area contributed by atoms with Gasteiger partial charge in [-0.3, -0.25) is 0 Å². The van der Waals surface area contributed by atoms with Crippen molar-refractivity contribution < 1.29 is 4.79 Å². The molecule has 0 aromatic carbocycles. The number of hydrogen-bond donors (Lipinski definition) is 0. The molecule has 0 aliphatic carbocycles. The monoisotopic (exact) mass is 113 g/mol. The lowest BCUT2D eigenvalue weighted by Crippen LogP contribution is -1.94. The average Bonchev–Trinajstić information content (AvgIpc) is 1.68. The van der Waals surface area contributed by atoms with Gasteiger partial charge in [0.15, 0.2) is 0 Å². The van der Waals surface area contributed by atoms with Crippen molar-refractivity contribution >= 4 is 6.08 Å². The molecule has 0 aromatic heterocycles. The summed E-state index contributed by atoms with van der Waals surface area (Å²) in [4.78, 5) is 13.1. The lowest BCUT2D eigenvalue weighted by atomic mass is 10.2. The lowest BCUT2D eigenvalue weighted by Gasteiger charge is -1.96. The van der Waals surface area contributed by atoms with Gasteiger partial charge in [0, 0.05) is 0 Å². The maximum atomic E-state index is 9.60. The predicted molar refractivity (Wildman–Crippen MR) is 32.5 cm³/mol. The number of hydrogen-bond acceptors (Lipinski definition) is 2. The van der Waals surface area contributed by atoms with Crippen molar-refractivity contribution in [3.8, 4) is 0 Å². The summed E-state index contributed by atoms with van der Waals surface area (Å²) >= 11 is 0. The zero-order valence-corrected chi connectivity index (χ0v) is 5.35. The van der Waals surface area contributed by atoms with Crippen LogP contribution in [0.15, 0.2) is 4.99 Å². The zero-order valence-electron chi connectivity index (χ0n) is 5.35. The number of aliphatic imine (C=N–C) groups is 1. The van der Waals surface area contributed by atoms with Crippen LogP contribution in [0.2, 0.25) is 0 Å². The molecule has 2 heteroatoms. The Morgan fingerprint density at radius 3 is 2.75 bits per heavy atom. The SMILES string of the molecule is CCCC(C)N=C=O. The molecule has 0 aliphatic heterocycles. The summed E-state index contributed by atoms with van der Waals surface area (Å²) in [5, 5.41) is 0. The first-order valence-corrected chi connectivity index (χ1v) is 2.88. The summed E-state index contributed by atoms with van der Waals surface area (Å²) in [6.07, 6.45) is 3.58. The molecular formula is C6H11NO. The van der Waals surface area contributed by atoms with Crippen molar-refractivity contribution in [1.82, 2.24) is 0 Å². The minimum atomic E-state index is 0.164. The van der Waals surface area contributed by atoms with Crippen LogP contribution in [-0.4, -0.2) is 12.1 Å². The smallest absolute Gasteiger partial charge is 0.211 e. The topological polar surface area (TPSA) is 29.4 Å².